The van der Waals surface area contributed by atoms with Gasteiger partial charge in [0.15, 0.2) is 11.5 Å². The first-order valence-corrected chi connectivity index (χ1v) is 7.38. The maximum Gasteiger partial charge on any atom is 0.260 e. The van der Waals surface area contributed by atoms with Crippen molar-refractivity contribution in [2.75, 3.05) is 14.2 Å². The number of hydrogen-bond donors (Lipinski definition) is 2. The molecule has 0 radical (unpaired) electrons. The van der Waals surface area contributed by atoms with Crippen LogP contribution in [0.2, 0.25) is 0 Å². The first-order chi connectivity index (χ1) is 11.7. The molecule has 2 aromatic rings. The van der Waals surface area contributed by atoms with Crippen molar-refractivity contribution in [3.8, 4) is 5.75 Å². The Hall–Kier alpha value is -3.21. The number of nitrogens with one attached hydrogen (secondary N) is 1. The van der Waals surface area contributed by atoms with E-state index in [-0.39, 0.29) is 22.9 Å². The molecule has 0 atom stereocenters. The molecule has 24 heavy (non-hydrogen) atoms. The van der Waals surface area contributed by atoms with Crippen LogP contribution < -0.4 is 10.1 Å². The molecule has 0 bridgehead atoms. The third-order valence-corrected chi connectivity index (χ3v) is 3.79. The number of benzene rings is 2. The van der Waals surface area contributed by atoms with Gasteiger partial charge in [0.05, 0.1) is 19.8 Å². The summed E-state index contributed by atoms with van der Waals surface area (Å²) in [6.07, 6.45) is 0. The Labute approximate surface area is 139 Å². The second-order valence-electron chi connectivity index (χ2n) is 5.18. The quantitative estimate of drug-likeness (QED) is 0.849. The summed E-state index contributed by atoms with van der Waals surface area (Å²) in [7, 11) is 3.07. The molecule has 0 unspecified atom stereocenters. The van der Waals surface area contributed by atoms with Crippen LogP contribution in [0.15, 0.2) is 66.1 Å². The van der Waals surface area contributed by atoms with E-state index in [1.165, 1.54) is 7.11 Å². The van der Waals surface area contributed by atoms with E-state index in [2.05, 4.69) is 5.32 Å². The Balaban J connectivity index is 2.10. The van der Waals surface area contributed by atoms with Crippen LogP contribution in [0.5, 0.6) is 5.75 Å². The second-order valence-corrected chi connectivity index (χ2v) is 5.18. The molecule has 122 valence electrons. The molecule has 1 amide bonds. The molecule has 1 aliphatic heterocycles. The van der Waals surface area contributed by atoms with Crippen molar-refractivity contribution >= 4 is 17.2 Å². The van der Waals surface area contributed by atoms with Gasteiger partial charge in [0, 0.05) is 5.56 Å². The van der Waals surface area contributed by atoms with Crippen LogP contribution in [0.1, 0.15) is 11.1 Å². The van der Waals surface area contributed by atoms with Gasteiger partial charge >= 0.3 is 0 Å². The molecule has 0 spiro atoms. The minimum Gasteiger partial charge on any atom is -0.505 e. The number of carbonyl (C=O) groups excluding carboxylic acids is 1. The molecule has 0 saturated carbocycles. The molecule has 0 aromatic heterocycles. The molecule has 2 N–H and O–H groups in total. The summed E-state index contributed by atoms with van der Waals surface area (Å²) in [4.78, 5) is 12.4. The lowest BCUT2D eigenvalue weighted by atomic mass is 10.0. The maximum absolute atomic E-state index is 12.4. The number of amides is 1. The minimum absolute atomic E-state index is 0.133. The van der Waals surface area contributed by atoms with Gasteiger partial charge in [0.1, 0.15) is 11.4 Å². The standard InChI is InChI=1S/C19H17NO4/c1-23-14-10-8-12(9-11-14)15-17(21)16(20-19(15)22)18(24-2)13-6-4-3-5-7-13/h3-11,21H,1-2H3,(H,20,22)/b18-16-. The highest BCUT2D eigenvalue weighted by Crippen LogP contribution is 2.32. The van der Waals surface area contributed by atoms with Crippen LogP contribution in [0.4, 0.5) is 0 Å². The molecule has 1 aliphatic rings. The fourth-order valence-electron chi connectivity index (χ4n) is 2.61. The van der Waals surface area contributed by atoms with E-state index < -0.39 is 0 Å². The highest BCUT2D eigenvalue weighted by molar-refractivity contribution is 6.24. The lowest BCUT2D eigenvalue weighted by molar-refractivity contribution is -0.114. The fourth-order valence-corrected chi connectivity index (χ4v) is 2.61. The SMILES string of the molecule is CO/C(=C1\NC(=O)C(c2ccc(OC)cc2)=C1O)c1ccccc1. The lowest BCUT2D eigenvalue weighted by Gasteiger charge is -2.10. The zero-order chi connectivity index (χ0) is 17.1. The zero-order valence-electron chi connectivity index (χ0n) is 13.4. The van der Waals surface area contributed by atoms with Gasteiger partial charge in [-0.15, -0.1) is 0 Å². The van der Waals surface area contributed by atoms with Crippen LogP contribution in [-0.4, -0.2) is 25.2 Å². The van der Waals surface area contributed by atoms with E-state index in [4.69, 9.17) is 9.47 Å². The topological polar surface area (TPSA) is 67.8 Å². The number of methoxy groups -OCH3 is 2. The average molecular weight is 323 g/mol. The van der Waals surface area contributed by atoms with Gasteiger partial charge in [-0.25, -0.2) is 0 Å². The maximum atomic E-state index is 12.4. The average Bonchev–Trinajstić information content (AvgIpc) is 2.91. The number of rotatable bonds is 4. The first kappa shape index (κ1) is 15.7. The Kier molecular flexibility index (Phi) is 4.24. The molecule has 0 aliphatic carbocycles. The highest BCUT2D eigenvalue weighted by atomic mass is 16.5. The van der Waals surface area contributed by atoms with E-state index in [0.29, 0.717) is 17.1 Å². The Morgan fingerprint density at radius 2 is 1.67 bits per heavy atom. The number of aliphatic hydroxyl groups is 1. The molecule has 1 heterocycles. The molecule has 5 heteroatoms. The van der Waals surface area contributed by atoms with Gasteiger partial charge in [-0.1, -0.05) is 42.5 Å². The van der Waals surface area contributed by atoms with Gasteiger partial charge in [-0.2, -0.15) is 0 Å². The fraction of sp³-hybridized carbons (Fsp3) is 0.105. The van der Waals surface area contributed by atoms with E-state index in [9.17, 15) is 9.90 Å². The normalized spacial score (nSPS) is 16.0. The van der Waals surface area contributed by atoms with Gasteiger partial charge < -0.3 is 19.9 Å². The summed E-state index contributed by atoms with van der Waals surface area (Å²) in [6.45, 7) is 0. The number of ether oxygens (including phenoxy) is 2. The van der Waals surface area contributed by atoms with Crippen LogP contribution in [0.25, 0.3) is 11.3 Å². The molecular formula is C19H17NO4. The first-order valence-electron chi connectivity index (χ1n) is 7.38. The van der Waals surface area contributed by atoms with Crippen molar-refractivity contribution in [3.05, 3.63) is 77.2 Å². The van der Waals surface area contributed by atoms with Crippen molar-refractivity contribution in [1.29, 1.82) is 0 Å². The summed E-state index contributed by atoms with van der Waals surface area (Å²) >= 11 is 0. The molecular weight excluding hydrogens is 306 g/mol. The Bertz CT molecular complexity index is 820. The van der Waals surface area contributed by atoms with E-state index >= 15 is 0 Å². The predicted molar refractivity (Wildman–Crippen MR) is 91.1 cm³/mol. The summed E-state index contributed by atoms with van der Waals surface area (Å²) in [5, 5.41) is 13.3. The van der Waals surface area contributed by atoms with E-state index in [1.54, 1.807) is 31.4 Å². The van der Waals surface area contributed by atoms with Gasteiger partial charge in [-0.3, -0.25) is 4.79 Å². The van der Waals surface area contributed by atoms with Crippen LogP contribution in [-0.2, 0) is 9.53 Å². The zero-order valence-corrected chi connectivity index (χ0v) is 13.4. The van der Waals surface area contributed by atoms with Gasteiger partial charge in [0.2, 0.25) is 0 Å². The van der Waals surface area contributed by atoms with Crippen molar-refractivity contribution < 1.29 is 19.4 Å². The monoisotopic (exact) mass is 323 g/mol. The molecule has 0 fully saturated rings. The third-order valence-electron chi connectivity index (χ3n) is 3.79. The highest BCUT2D eigenvalue weighted by Gasteiger charge is 2.31. The number of aliphatic hydroxyl groups excluding tert-OH is 1. The Morgan fingerprint density at radius 1 is 1.00 bits per heavy atom. The van der Waals surface area contributed by atoms with Crippen LogP contribution in [0.3, 0.4) is 0 Å². The largest absolute Gasteiger partial charge is 0.505 e. The van der Waals surface area contributed by atoms with Crippen LogP contribution >= 0.6 is 0 Å². The molecule has 5 nitrogen and oxygen atoms in total. The molecule has 2 aromatic carbocycles. The van der Waals surface area contributed by atoms with Crippen molar-refractivity contribution in [2.24, 2.45) is 0 Å². The molecule has 0 saturated heterocycles. The lowest BCUT2D eigenvalue weighted by Crippen LogP contribution is -2.17. The van der Waals surface area contributed by atoms with Gasteiger partial charge in [0.25, 0.3) is 5.91 Å². The summed E-state index contributed by atoms with van der Waals surface area (Å²) in [5.41, 5.74) is 1.83. The Morgan fingerprint density at radius 3 is 2.25 bits per heavy atom. The molecule has 3 rings (SSSR count). The van der Waals surface area contributed by atoms with Crippen molar-refractivity contribution in [2.45, 2.75) is 0 Å². The van der Waals surface area contributed by atoms with E-state index in [1.807, 2.05) is 30.3 Å². The minimum atomic E-state index is -0.377. The summed E-state index contributed by atoms with van der Waals surface area (Å²) in [6, 6.07) is 16.2. The second kappa shape index (κ2) is 6.50. The summed E-state index contributed by atoms with van der Waals surface area (Å²) < 4.78 is 10.5. The van der Waals surface area contributed by atoms with Crippen LogP contribution in [0, 0.1) is 0 Å². The number of hydrogen-bond acceptors (Lipinski definition) is 4. The summed E-state index contributed by atoms with van der Waals surface area (Å²) in [5.74, 6) is 0.573. The smallest absolute Gasteiger partial charge is 0.260 e. The van der Waals surface area contributed by atoms with Gasteiger partial charge in [-0.05, 0) is 17.7 Å². The third kappa shape index (κ3) is 2.72. The van der Waals surface area contributed by atoms with Crippen molar-refractivity contribution in [1.82, 2.24) is 5.32 Å². The van der Waals surface area contributed by atoms with Crippen molar-refractivity contribution in [3.63, 3.8) is 0 Å². The van der Waals surface area contributed by atoms with E-state index in [0.717, 1.165) is 5.56 Å². The number of carbonyl (C=O) groups is 1. The predicted octanol–water partition coefficient (Wildman–Crippen LogP) is 3.11.